The van der Waals surface area contributed by atoms with E-state index in [4.69, 9.17) is 11.6 Å². The summed E-state index contributed by atoms with van der Waals surface area (Å²) in [4.78, 5) is 34.8. The van der Waals surface area contributed by atoms with Crippen molar-refractivity contribution in [2.75, 3.05) is 0 Å². The predicted molar refractivity (Wildman–Crippen MR) is 96.9 cm³/mol. The van der Waals surface area contributed by atoms with E-state index in [1.54, 1.807) is 24.3 Å². The highest BCUT2D eigenvalue weighted by atomic mass is 35.5. The Balaban J connectivity index is 2.10. The number of phenols is 2. The Kier molecular flexibility index (Phi) is 4.66. The maximum absolute atomic E-state index is 12.7. The van der Waals surface area contributed by atoms with Crippen molar-refractivity contribution in [1.29, 1.82) is 0 Å². The number of halogens is 1. The molecule has 0 amide bonds. The molecule has 2 N–H and O–H groups in total. The van der Waals surface area contributed by atoms with Crippen LogP contribution in [0, 0.1) is 10.1 Å². The number of carbonyl (C=O) groups excluding carboxylic acids is 1. The first kappa shape index (κ1) is 18.2. The molecule has 0 bridgehead atoms. The van der Waals surface area contributed by atoms with Crippen LogP contribution < -0.4 is 5.56 Å². The maximum Gasteiger partial charge on any atom is 0.352 e. The van der Waals surface area contributed by atoms with Crippen molar-refractivity contribution >= 4 is 23.1 Å². The van der Waals surface area contributed by atoms with E-state index in [1.807, 2.05) is 0 Å². The molecular weight excluding hydrogens is 376 g/mol. The lowest BCUT2D eigenvalue weighted by atomic mass is 10.0. The molecular formula is C18H11ClN2O6. The number of nitro benzene ring substituents is 1. The summed E-state index contributed by atoms with van der Waals surface area (Å²) in [5, 5.41) is 31.0. The van der Waals surface area contributed by atoms with E-state index >= 15 is 0 Å². The molecule has 136 valence electrons. The standard InChI is InChI=1S/C18H11ClN2O6/c19-11-2-4-12(5-3-11)20-9-10(1-8-15(20)23)17(24)13-6-7-14(22)16(18(13)25)21(26)27/h1-9,22,25H. The molecule has 2 aromatic carbocycles. The lowest BCUT2D eigenvalue weighted by Gasteiger charge is -2.09. The van der Waals surface area contributed by atoms with Crippen molar-refractivity contribution in [1.82, 2.24) is 4.57 Å². The molecule has 0 spiro atoms. The fraction of sp³-hybridized carbons (Fsp3) is 0. The zero-order valence-electron chi connectivity index (χ0n) is 13.5. The number of nitro groups is 1. The lowest BCUT2D eigenvalue weighted by Crippen LogP contribution is -2.18. The van der Waals surface area contributed by atoms with E-state index in [9.17, 15) is 29.9 Å². The van der Waals surface area contributed by atoms with Crippen LogP contribution in [0.2, 0.25) is 5.02 Å². The van der Waals surface area contributed by atoms with Crippen molar-refractivity contribution in [3.05, 3.63) is 91.3 Å². The molecule has 0 unspecified atom stereocenters. The number of ketones is 1. The van der Waals surface area contributed by atoms with E-state index in [0.29, 0.717) is 10.7 Å². The monoisotopic (exact) mass is 386 g/mol. The van der Waals surface area contributed by atoms with Crippen LogP contribution in [0.4, 0.5) is 5.69 Å². The van der Waals surface area contributed by atoms with E-state index < -0.39 is 33.5 Å². The number of benzene rings is 2. The number of aromatic nitrogens is 1. The summed E-state index contributed by atoms with van der Waals surface area (Å²) < 4.78 is 1.20. The third-order valence-corrected chi connectivity index (χ3v) is 4.09. The predicted octanol–water partition coefficient (Wildman–Crippen LogP) is 3.04. The average molecular weight is 387 g/mol. The summed E-state index contributed by atoms with van der Waals surface area (Å²) in [6.07, 6.45) is 1.26. The van der Waals surface area contributed by atoms with Crippen molar-refractivity contribution in [2.24, 2.45) is 0 Å². The summed E-state index contributed by atoms with van der Waals surface area (Å²) in [5.74, 6) is -2.47. The van der Waals surface area contributed by atoms with Gasteiger partial charge >= 0.3 is 5.69 Å². The first-order valence-electron chi connectivity index (χ1n) is 7.52. The van der Waals surface area contributed by atoms with Crippen LogP contribution in [-0.4, -0.2) is 25.5 Å². The van der Waals surface area contributed by atoms with Crippen LogP contribution in [0.25, 0.3) is 5.69 Å². The highest BCUT2D eigenvalue weighted by molar-refractivity contribution is 6.30. The number of hydrogen-bond donors (Lipinski definition) is 2. The topological polar surface area (TPSA) is 123 Å². The Morgan fingerprint density at radius 3 is 2.33 bits per heavy atom. The normalized spacial score (nSPS) is 10.6. The number of nitrogens with zero attached hydrogens (tertiary/aromatic N) is 2. The van der Waals surface area contributed by atoms with Gasteiger partial charge in [-0.25, -0.2) is 0 Å². The third kappa shape index (κ3) is 3.38. The van der Waals surface area contributed by atoms with Gasteiger partial charge in [-0.15, -0.1) is 0 Å². The molecule has 1 heterocycles. The van der Waals surface area contributed by atoms with Gasteiger partial charge in [0.05, 0.1) is 10.5 Å². The van der Waals surface area contributed by atoms with Gasteiger partial charge in [-0.05, 0) is 42.5 Å². The van der Waals surface area contributed by atoms with Crippen LogP contribution in [0.15, 0.2) is 59.5 Å². The zero-order valence-corrected chi connectivity index (χ0v) is 14.3. The molecule has 0 aliphatic heterocycles. The van der Waals surface area contributed by atoms with Gasteiger partial charge in [0, 0.05) is 28.5 Å². The average Bonchev–Trinajstić information content (AvgIpc) is 2.62. The van der Waals surface area contributed by atoms with Gasteiger partial charge in [0.25, 0.3) is 5.56 Å². The lowest BCUT2D eigenvalue weighted by molar-refractivity contribution is -0.386. The summed E-state index contributed by atoms with van der Waals surface area (Å²) in [6, 6.07) is 10.7. The minimum Gasteiger partial charge on any atom is -0.502 e. The second kappa shape index (κ2) is 6.93. The van der Waals surface area contributed by atoms with Gasteiger partial charge in [0.15, 0.2) is 11.5 Å². The number of rotatable bonds is 4. The van der Waals surface area contributed by atoms with Crippen LogP contribution in [0.1, 0.15) is 15.9 Å². The summed E-state index contributed by atoms with van der Waals surface area (Å²) in [5.41, 5.74) is -1.28. The first-order chi connectivity index (χ1) is 12.8. The van der Waals surface area contributed by atoms with Crippen LogP contribution in [0.5, 0.6) is 11.5 Å². The van der Waals surface area contributed by atoms with E-state index in [2.05, 4.69) is 0 Å². The molecule has 3 rings (SSSR count). The molecule has 0 fully saturated rings. The quantitative estimate of drug-likeness (QED) is 0.403. The first-order valence-corrected chi connectivity index (χ1v) is 7.90. The number of phenolic OH excluding ortho intramolecular Hbond substituents is 2. The van der Waals surface area contributed by atoms with Gasteiger partial charge < -0.3 is 10.2 Å². The van der Waals surface area contributed by atoms with Crippen LogP contribution in [-0.2, 0) is 0 Å². The summed E-state index contributed by atoms with van der Waals surface area (Å²) >= 11 is 5.83. The number of carbonyl (C=O) groups is 1. The van der Waals surface area contributed by atoms with Crippen molar-refractivity contribution in [2.45, 2.75) is 0 Å². The molecule has 0 saturated carbocycles. The highest BCUT2D eigenvalue weighted by Crippen LogP contribution is 2.38. The fourth-order valence-electron chi connectivity index (χ4n) is 2.51. The molecule has 0 aliphatic carbocycles. The van der Waals surface area contributed by atoms with E-state index in [0.717, 1.165) is 18.2 Å². The second-order valence-electron chi connectivity index (χ2n) is 5.52. The molecule has 0 aliphatic rings. The minimum atomic E-state index is -0.990. The number of hydrogen-bond acceptors (Lipinski definition) is 6. The minimum absolute atomic E-state index is 0.0137. The van der Waals surface area contributed by atoms with Crippen molar-refractivity contribution in [3.63, 3.8) is 0 Å². The number of pyridine rings is 1. The fourth-order valence-corrected chi connectivity index (χ4v) is 2.64. The summed E-state index contributed by atoms with van der Waals surface area (Å²) in [7, 11) is 0. The Morgan fingerprint density at radius 1 is 1.04 bits per heavy atom. The van der Waals surface area contributed by atoms with Crippen molar-refractivity contribution < 1.29 is 19.9 Å². The molecule has 8 nitrogen and oxygen atoms in total. The zero-order chi connectivity index (χ0) is 19.7. The smallest absolute Gasteiger partial charge is 0.352 e. The molecule has 0 saturated heterocycles. The Labute approximate surface area is 156 Å². The number of aromatic hydroxyl groups is 2. The highest BCUT2D eigenvalue weighted by Gasteiger charge is 2.26. The molecule has 9 heteroatoms. The largest absolute Gasteiger partial charge is 0.502 e. The molecule has 0 atom stereocenters. The van der Waals surface area contributed by atoms with E-state index in [1.165, 1.54) is 16.8 Å². The van der Waals surface area contributed by atoms with Crippen LogP contribution >= 0.6 is 11.6 Å². The molecule has 27 heavy (non-hydrogen) atoms. The van der Waals surface area contributed by atoms with Crippen molar-refractivity contribution in [3.8, 4) is 17.2 Å². The molecule has 0 radical (unpaired) electrons. The summed E-state index contributed by atoms with van der Waals surface area (Å²) in [6.45, 7) is 0. The van der Waals surface area contributed by atoms with Gasteiger partial charge in [0.1, 0.15) is 0 Å². The molecule has 1 aromatic heterocycles. The van der Waals surface area contributed by atoms with Crippen LogP contribution in [0.3, 0.4) is 0 Å². The van der Waals surface area contributed by atoms with Gasteiger partial charge in [-0.2, -0.15) is 0 Å². The Hall–Kier alpha value is -3.65. The Bertz CT molecular complexity index is 1120. The second-order valence-corrected chi connectivity index (χ2v) is 5.95. The van der Waals surface area contributed by atoms with Gasteiger partial charge in [0.2, 0.25) is 5.75 Å². The van der Waals surface area contributed by atoms with Gasteiger partial charge in [-0.3, -0.25) is 24.3 Å². The third-order valence-electron chi connectivity index (χ3n) is 3.84. The maximum atomic E-state index is 12.7. The molecule has 3 aromatic rings. The van der Waals surface area contributed by atoms with Gasteiger partial charge in [-0.1, -0.05) is 11.6 Å². The SMILES string of the molecule is O=C(c1ccc(=O)n(-c2ccc(Cl)cc2)c1)c1ccc(O)c([N+](=O)[O-])c1O. The Morgan fingerprint density at radius 2 is 1.70 bits per heavy atom. The van der Waals surface area contributed by atoms with E-state index in [-0.39, 0.29) is 11.1 Å².